The first-order chi connectivity index (χ1) is 15.1. The molecule has 0 spiro atoms. The molecule has 6 heteroatoms. The first kappa shape index (κ1) is 21.4. The van der Waals surface area contributed by atoms with Gasteiger partial charge in [-0.05, 0) is 76.5 Å². The van der Waals surface area contributed by atoms with Crippen LogP contribution in [0.15, 0.2) is 40.9 Å². The Morgan fingerprint density at radius 3 is 2.65 bits per heavy atom. The van der Waals surface area contributed by atoms with E-state index in [0.29, 0.717) is 18.8 Å². The predicted octanol–water partition coefficient (Wildman–Crippen LogP) is 4.95. The van der Waals surface area contributed by atoms with Gasteiger partial charge in [0, 0.05) is 11.9 Å². The van der Waals surface area contributed by atoms with Crippen molar-refractivity contribution in [2.75, 3.05) is 27.2 Å². The number of hydrogen-bond donors (Lipinski definition) is 1. The molecule has 31 heavy (non-hydrogen) atoms. The fourth-order valence-electron chi connectivity index (χ4n) is 4.21. The van der Waals surface area contributed by atoms with Crippen molar-refractivity contribution in [3.05, 3.63) is 64.6 Å². The van der Waals surface area contributed by atoms with Crippen LogP contribution in [0, 0.1) is 12.5 Å². The highest BCUT2D eigenvalue weighted by atomic mass is 16.5. The second-order valence-electron chi connectivity index (χ2n) is 8.58. The van der Waals surface area contributed by atoms with E-state index in [2.05, 4.69) is 26.3 Å². The average molecular weight is 419 g/mol. The van der Waals surface area contributed by atoms with Gasteiger partial charge in [-0.1, -0.05) is 29.4 Å². The molecule has 4 rings (SSSR count). The van der Waals surface area contributed by atoms with Gasteiger partial charge >= 0.3 is 0 Å². The first-order valence-corrected chi connectivity index (χ1v) is 11.0. The Kier molecular flexibility index (Phi) is 6.86. The van der Waals surface area contributed by atoms with Gasteiger partial charge in [0.05, 0.1) is 17.8 Å². The molecule has 0 radical (unpaired) electrons. The van der Waals surface area contributed by atoms with Crippen molar-refractivity contribution >= 4 is 16.7 Å². The largest absolute Gasteiger partial charge is 0.488 e. The summed E-state index contributed by atoms with van der Waals surface area (Å²) in [5.74, 6) is 1.59. The molecular formula is C25H30N4O2. The molecule has 0 atom stereocenters. The molecule has 0 aliphatic carbocycles. The Morgan fingerprint density at radius 2 is 1.94 bits per heavy atom. The third-order valence-corrected chi connectivity index (χ3v) is 5.96. The molecule has 1 N–H and O–H groups in total. The Labute approximate surface area is 184 Å². The van der Waals surface area contributed by atoms with E-state index in [0.717, 1.165) is 65.4 Å². The van der Waals surface area contributed by atoms with Crippen LogP contribution in [0.4, 0.5) is 5.69 Å². The van der Waals surface area contributed by atoms with Crippen LogP contribution < -0.4 is 10.1 Å². The highest BCUT2D eigenvalue weighted by Gasteiger charge is 2.19. The molecule has 0 amide bonds. The van der Waals surface area contributed by atoms with Crippen LogP contribution >= 0.6 is 0 Å². The van der Waals surface area contributed by atoms with Gasteiger partial charge in [-0.2, -0.15) is 0 Å². The number of nitrogens with one attached hydrogen (secondary N) is 1. The summed E-state index contributed by atoms with van der Waals surface area (Å²) in [6.07, 6.45) is 4.60. The lowest BCUT2D eigenvalue weighted by molar-refractivity contribution is 0.294. The molecule has 1 aliphatic heterocycles. The minimum Gasteiger partial charge on any atom is -0.488 e. The fourth-order valence-corrected chi connectivity index (χ4v) is 4.21. The molecule has 2 heterocycles. The quantitative estimate of drug-likeness (QED) is 0.525. The summed E-state index contributed by atoms with van der Waals surface area (Å²) in [4.78, 5) is 5.55. The van der Waals surface area contributed by atoms with Gasteiger partial charge in [0.1, 0.15) is 12.4 Å². The third kappa shape index (κ3) is 5.25. The van der Waals surface area contributed by atoms with Gasteiger partial charge in [0.15, 0.2) is 11.3 Å². The summed E-state index contributed by atoms with van der Waals surface area (Å²) in [6, 6.07) is 11.6. The number of aromatic nitrogens is 1. The van der Waals surface area contributed by atoms with Gasteiger partial charge in [0.25, 0.3) is 0 Å². The number of piperidine rings is 1. The van der Waals surface area contributed by atoms with Crippen LogP contribution in [0.1, 0.15) is 36.1 Å². The van der Waals surface area contributed by atoms with Gasteiger partial charge in [0.2, 0.25) is 0 Å². The maximum Gasteiger partial charge on any atom is 0.187 e. The molecule has 1 aromatic heterocycles. The maximum absolute atomic E-state index is 7.08. The molecule has 0 saturated carbocycles. The van der Waals surface area contributed by atoms with Crippen molar-refractivity contribution < 1.29 is 9.26 Å². The molecule has 1 saturated heterocycles. The molecular weight excluding hydrogens is 388 g/mol. The number of aryl methyl sites for hydroxylation is 1. The van der Waals surface area contributed by atoms with Crippen molar-refractivity contribution in [3.8, 4) is 5.75 Å². The van der Waals surface area contributed by atoms with Crippen LogP contribution in [0.2, 0.25) is 0 Å². The number of rotatable bonds is 8. The van der Waals surface area contributed by atoms with Crippen molar-refractivity contribution in [1.82, 2.24) is 15.4 Å². The van der Waals surface area contributed by atoms with E-state index < -0.39 is 0 Å². The normalized spacial score (nSPS) is 14.8. The van der Waals surface area contributed by atoms with E-state index in [1.165, 1.54) is 12.8 Å². The minimum atomic E-state index is 0.445. The number of benzene rings is 2. The van der Waals surface area contributed by atoms with Crippen LogP contribution in [0.25, 0.3) is 15.8 Å². The van der Waals surface area contributed by atoms with Gasteiger partial charge in [-0.25, -0.2) is 4.85 Å². The van der Waals surface area contributed by atoms with E-state index in [1.54, 1.807) is 0 Å². The smallest absolute Gasteiger partial charge is 0.187 e. The van der Waals surface area contributed by atoms with Gasteiger partial charge < -0.3 is 19.5 Å². The van der Waals surface area contributed by atoms with Crippen LogP contribution in [0.3, 0.4) is 0 Å². The molecule has 0 bridgehead atoms. The molecule has 6 nitrogen and oxygen atoms in total. The lowest BCUT2D eigenvalue weighted by atomic mass is 9.92. The zero-order valence-corrected chi connectivity index (χ0v) is 18.4. The zero-order chi connectivity index (χ0) is 21.6. The summed E-state index contributed by atoms with van der Waals surface area (Å²) in [6.45, 7) is 10.5. The van der Waals surface area contributed by atoms with E-state index in [-0.39, 0.29) is 0 Å². The van der Waals surface area contributed by atoms with E-state index in [4.69, 9.17) is 15.8 Å². The standard InChI is InChI=1S/C25H30N4O2/c1-26-20-7-4-19(5-8-20)17-30-24-11-9-21-23(10-6-18-12-14-27-15-13-18)28-31-25(21)22(24)16-29(2)3/h4-5,7-9,11,18,27H,6,10,12-17H2,2-3H3. The number of ether oxygens (including phenoxy) is 1. The summed E-state index contributed by atoms with van der Waals surface area (Å²) in [7, 11) is 4.08. The molecule has 162 valence electrons. The Bertz CT molecular complexity index is 1040. The summed E-state index contributed by atoms with van der Waals surface area (Å²) in [5.41, 5.74) is 4.58. The first-order valence-electron chi connectivity index (χ1n) is 11.0. The van der Waals surface area contributed by atoms with Crippen LogP contribution in [-0.4, -0.2) is 37.2 Å². The summed E-state index contributed by atoms with van der Waals surface area (Å²) >= 11 is 0. The molecule has 2 aromatic carbocycles. The monoisotopic (exact) mass is 418 g/mol. The Hall–Kier alpha value is -2.88. The molecule has 3 aromatic rings. The minimum absolute atomic E-state index is 0.445. The van der Waals surface area contributed by atoms with Crippen molar-refractivity contribution in [1.29, 1.82) is 0 Å². The average Bonchev–Trinajstić information content (AvgIpc) is 3.21. The Morgan fingerprint density at radius 1 is 1.16 bits per heavy atom. The third-order valence-electron chi connectivity index (χ3n) is 5.96. The van der Waals surface area contributed by atoms with E-state index in [9.17, 15) is 0 Å². The van der Waals surface area contributed by atoms with E-state index >= 15 is 0 Å². The van der Waals surface area contributed by atoms with E-state index in [1.807, 2.05) is 44.4 Å². The highest BCUT2D eigenvalue weighted by molar-refractivity contribution is 5.84. The number of fused-ring (bicyclic) bond motifs is 1. The van der Waals surface area contributed by atoms with Crippen molar-refractivity contribution in [2.45, 2.75) is 38.8 Å². The van der Waals surface area contributed by atoms with Crippen molar-refractivity contribution in [3.63, 3.8) is 0 Å². The lowest BCUT2D eigenvalue weighted by Crippen LogP contribution is -2.27. The molecule has 0 unspecified atom stereocenters. The summed E-state index contributed by atoms with van der Waals surface area (Å²) < 4.78 is 12.0. The number of hydrogen-bond acceptors (Lipinski definition) is 5. The second kappa shape index (κ2) is 9.95. The topological polar surface area (TPSA) is 54.9 Å². The maximum atomic E-state index is 7.08. The Balaban J connectivity index is 1.53. The number of nitrogens with zero attached hydrogens (tertiary/aromatic N) is 3. The fraction of sp³-hybridized carbons (Fsp3) is 0.440. The SMILES string of the molecule is [C-]#[N+]c1ccc(COc2ccc3c(CCC4CCNCC4)noc3c2CN(C)C)cc1. The van der Waals surface area contributed by atoms with Gasteiger partial charge in [-0.3, -0.25) is 0 Å². The highest BCUT2D eigenvalue weighted by Crippen LogP contribution is 2.33. The zero-order valence-electron chi connectivity index (χ0n) is 18.4. The molecule has 1 fully saturated rings. The lowest BCUT2D eigenvalue weighted by Gasteiger charge is -2.21. The van der Waals surface area contributed by atoms with Crippen LogP contribution in [0.5, 0.6) is 5.75 Å². The van der Waals surface area contributed by atoms with Gasteiger partial charge in [-0.15, -0.1) is 0 Å². The second-order valence-corrected chi connectivity index (χ2v) is 8.58. The predicted molar refractivity (Wildman–Crippen MR) is 122 cm³/mol. The van der Waals surface area contributed by atoms with Crippen molar-refractivity contribution in [2.24, 2.45) is 5.92 Å². The summed E-state index contributed by atoms with van der Waals surface area (Å²) in [5, 5.41) is 8.96. The van der Waals surface area contributed by atoms with Crippen LogP contribution in [-0.2, 0) is 19.6 Å². The molecule has 1 aliphatic rings.